The van der Waals surface area contributed by atoms with Gasteiger partial charge in [0.05, 0.1) is 5.56 Å². The summed E-state index contributed by atoms with van der Waals surface area (Å²) in [6.07, 6.45) is 0.264. The van der Waals surface area contributed by atoms with Gasteiger partial charge in [-0.3, -0.25) is 9.59 Å². The highest BCUT2D eigenvalue weighted by Gasteiger charge is 2.09. The van der Waals surface area contributed by atoms with Crippen LogP contribution in [0, 0.1) is 5.82 Å². The summed E-state index contributed by atoms with van der Waals surface area (Å²) in [5.74, 6) is -1.06. The molecule has 0 fully saturated rings. The molecule has 0 bridgehead atoms. The van der Waals surface area contributed by atoms with Crippen molar-refractivity contribution >= 4 is 11.7 Å². The third kappa shape index (κ3) is 3.50. The molecule has 1 rings (SSSR count). The third-order valence-corrected chi connectivity index (χ3v) is 1.88. The van der Waals surface area contributed by atoms with Crippen LogP contribution in [0.5, 0.6) is 0 Å². The molecule has 0 aliphatic rings. The Morgan fingerprint density at radius 1 is 1.33 bits per heavy atom. The van der Waals surface area contributed by atoms with Gasteiger partial charge in [-0.25, -0.2) is 4.39 Å². The van der Waals surface area contributed by atoms with Crippen molar-refractivity contribution in [3.63, 3.8) is 0 Å². The molecule has 0 aliphatic heterocycles. The van der Waals surface area contributed by atoms with Gasteiger partial charge in [-0.2, -0.15) is 0 Å². The molecule has 0 radical (unpaired) electrons. The van der Waals surface area contributed by atoms with Gasteiger partial charge in [0.15, 0.2) is 0 Å². The molecular weight excluding hydrogens is 197 g/mol. The Kier molecular flexibility index (Phi) is 3.97. The largest absolute Gasteiger partial charge is 0.352 e. The lowest BCUT2D eigenvalue weighted by molar-refractivity contribution is -0.116. The lowest BCUT2D eigenvalue weighted by atomic mass is 10.2. The Labute approximate surface area is 87.3 Å². The number of hydrogen-bond acceptors (Lipinski definition) is 2. The number of ketones is 1. The Morgan fingerprint density at radius 3 is 2.60 bits per heavy atom. The van der Waals surface area contributed by atoms with Crippen LogP contribution in [0.15, 0.2) is 24.3 Å². The van der Waals surface area contributed by atoms with Crippen LogP contribution >= 0.6 is 0 Å². The number of amides is 1. The molecule has 0 spiro atoms. The van der Waals surface area contributed by atoms with Gasteiger partial charge < -0.3 is 5.32 Å². The average molecular weight is 209 g/mol. The molecule has 1 aromatic rings. The van der Waals surface area contributed by atoms with Gasteiger partial charge in [-0.05, 0) is 19.1 Å². The van der Waals surface area contributed by atoms with E-state index in [1.54, 1.807) is 6.07 Å². The Hall–Kier alpha value is -1.71. The van der Waals surface area contributed by atoms with Gasteiger partial charge >= 0.3 is 0 Å². The fourth-order valence-electron chi connectivity index (χ4n) is 1.09. The molecule has 0 aliphatic carbocycles. The van der Waals surface area contributed by atoms with E-state index in [-0.39, 0.29) is 24.3 Å². The fourth-order valence-corrected chi connectivity index (χ4v) is 1.09. The van der Waals surface area contributed by atoms with Crippen molar-refractivity contribution in [2.75, 3.05) is 6.54 Å². The minimum Gasteiger partial charge on any atom is -0.352 e. The quantitative estimate of drug-likeness (QED) is 0.817. The third-order valence-electron chi connectivity index (χ3n) is 1.88. The number of Topliss-reactive ketones (excluding diaryl/α,β-unsaturated/α-hetero) is 1. The minimum absolute atomic E-state index is 0.000974. The van der Waals surface area contributed by atoms with E-state index >= 15 is 0 Å². The summed E-state index contributed by atoms with van der Waals surface area (Å²) < 4.78 is 13.1. The van der Waals surface area contributed by atoms with Gasteiger partial charge in [0.2, 0.25) is 0 Å². The summed E-state index contributed by atoms with van der Waals surface area (Å²) in [6, 6.07) is 5.73. The second-order valence-electron chi connectivity index (χ2n) is 3.19. The Balaban J connectivity index is 2.54. The van der Waals surface area contributed by atoms with Gasteiger partial charge in [-0.15, -0.1) is 0 Å². The van der Waals surface area contributed by atoms with E-state index in [0.29, 0.717) is 0 Å². The Morgan fingerprint density at radius 2 is 2.00 bits per heavy atom. The lowest BCUT2D eigenvalue weighted by Crippen LogP contribution is -2.26. The summed E-state index contributed by atoms with van der Waals surface area (Å²) >= 11 is 0. The molecule has 0 unspecified atom stereocenters. The van der Waals surface area contributed by atoms with Crippen molar-refractivity contribution in [3.8, 4) is 0 Å². The lowest BCUT2D eigenvalue weighted by Gasteiger charge is -2.04. The number of rotatable bonds is 4. The second-order valence-corrected chi connectivity index (χ2v) is 3.19. The first-order valence-corrected chi connectivity index (χ1v) is 4.63. The number of benzene rings is 1. The van der Waals surface area contributed by atoms with Crippen molar-refractivity contribution < 1.29 is 14.0 Å². The molecule has 1 N–H and O–H groups in total. The van der Waals surface area contributed by atoms with E-state index in [1.807, 2.05) is 0 Å². The van der Waals surface area contributed by atoms with Crippen LogP contribution in [0.3, 0.4) is 0 Å². The maximum atomic E-state index is 13.1. The number of hydrogen-bond donors (Lipinski definition) is 1. The summed E-state index contributed by atoms with van der Waals surface area (Å²) in [4.78, 5) is 22.0. The summed E-state index contributed by atoms with van der Waals surface area (Å²) in [5, 5.41) is 2.47. The monoisotopic (exact) mass is 209 g/mol. The van der Waals surface area contributed by atoms with Crippen LogP contribution < -0.4 is 5.32 Å². The summed E-state index contributed by atoms with van der Waals surface area (Å²) in [7, 11) is 0. The Bertz CT molecular complexity index is 377. The van der Waals surface area contributed by atoms with Gasteiger partial charge in [0.1, 0.15) is 11.6 Å². The normalized spacial score (nSPS) is 9.73. The van der Waals surface area contributed by atoms with Gasteiger partial charge in [-0.1, -0.05) is 12.1 Å². The predicted octanol–water partition coefficient (Wildman–Crippen LogP) is 1.53. The molecule has 4 heteroatoms. The topological polar surface area (TPSA) is 46.2 Å². The van der Waals surface area contributed by atoms with E-state index < -0.39 is 11.7 Å². The molecule has 0 heterocycles. The molecule has 1 amide bonds. The molecule has 15 heavy (non-hydrogen) atoms. The molecule has 0 atom stereocenters. The first-order valence-electron chi connectivity index (χ1n) is 4.63. The molecule has 0 saturated heterocycles. The molecule has 1 aromatic carbocycles. The maximum Gasteiger partial charge on any atom is 0.254 e. The van der Waals surface area contributed by atoms with Gasteiger partial charge in [0, 0.05) is 13.0 Å². The molecule has 0 saturated carbocycles. The van der Waals surface area contributed by atoms with Crippen molar-refractivity contribution in [1.82, 2.24) is 5.32 Å². The molecule has 0 aromatic heterocycles. The van der Waals surface area contributed by atoms with E-state index in [2.05, 4.69) is 5.32 Å². The summed E-state index contributed by atoms with van der Waals surface area (Å²) in [6.45, 7) is 1.68. The van der Waals surface area contributed by atoms with Crippen molar-refractivity contribution in [3.05, 3.63) is 35.6 Å². The fraction of sp³-hybridized carbons (Fsp3) is 0.273. The first-order chi connectivity index (χ1) is 7.11. The molecule has 80 valence electrons. The number of nitrogens with one attached hydrogen (secondary N) is 1. The maximum absolute atomic E-state index is 13.1. The summed E-state index contributed by atoms with van der Waals surface area (Å²) in [5.41, 5.74) is 0.000974. The van der Waals surface area contributed by atoms with E-state index in [9.17, 15) is 14.0 Å². The highest BCUT2D eigenvalue weighted by molar-refractivity contribution is 5.94. The smallest absolute Gasteiger partial charge is 0.254 e. The zero-order valence-corrected chi connectivity index (χ0v) is 8.42. The van der Waals surface area contributed by atoms with Crippen LogP contribution in [0.4, 0.5) is 4.39 Å². The van der Waals surface area contributed by atoms with Crippen molar-refractivity contribution in [1.29, 1.82) is 0 Å². The highest BCUT2D eigenvalue weighted by Crippen LogP contribution is 2.05. The molecular formula is C11H12FNO2. The van der Waals surface area contributed by atoms with Crippen LogP contribution in [-0.2, 0) is 4.79 Å². The second kappa shape index (κ2) is 5.24. The number of halogens is 1. The van der Waals surface area contributed by atoms with Gasteiger partial charge in [0.25, 0.3) is 5.91 Å². The van der Waals surface area contributed by atoms with E-state index in [0.717, 1.165) is 0 Å². The highest BCUT2D eigenvalue weighted by atomic mass is 19.1. The van der Waals surface area contributed by atoms with Crippen molar-refractivity contribution in [2.45, 2.75) is 13.3 Å². The number of carbonyl (C=O) groups excluding carboxylic acids is 2. The van der Waals surface area contributed by atoms with Crippen molar-refractivity contribution in [2.24, 2.45) is 0 Å². The van der Waals surface area contributed by atoms with E-state index in [4.69, 9.17) is 0 Å². The first kappa shape index (κ1) is 11.4. The SMILES string of the molecule is CC(=O)CCNC(=O)c1ccccc1F. The van der Waals surface area contributed by atoms with Crippen LogP contribution in [0.2, 0.25) is 0 Å². The van der Waals surface area contributed by atoms with Crippen LogP contribution in [-0.4, -0.2) is 18.2 Å². The average Bonchev–Trinajstić information content (AvgIpc) is 2.17. The zero-order chi connectivity index (χ0) is 11.3. The predicted molar refractivity (Wildman–Crippen MR) is 54.0 cm³/mol. The van der Waals surface area contributed by atoms with E-state index in [1.165, 1.54) is 25.1 Å². The standard InChI is InChI=1S/C11H12FNO2/c1-8(14)6-7-13-11(15)9-4-2-3-5-10(9)12/h2-5H,6-7H2,1H3,(H,13,15). The number of carbonyl (C=O) groups is 2. The molecule has 3 nitrogen and oxygen atoms in total. The zero-order valence-electron chi connectivity index (χ0n) is 8.42. The minimum atomic E-state index is -0.558. The van der Waals surface area contributed by atoms with Crippen LogP contribution in [0.25, 0.3) is 0 Å². The van der Waals surface area contributed by atoms with Crippen LogP contribution in [0.1, 0.15) is 23.7 Å².